The van der Waals surface area contributed by atoms with Crippen LogP contribution in [0.4, 0.5) is 11.4 Å². The van der Waals surface area contributed by atoms with E-state index in [0.717, 1.165) is 31.6 Å². The summed E-state index contributed by atoms with van der Waals surface area (Å²) in [5.74, 6) is -1.34. The van der Waals surface area contributed by atoms with E-state index in [1.54, 1.807) is 12.1 Å². The fourth-order valence-corrected chi connectivity index (χ4v) is 2.36. The fourth-order valence-electron chi connectivity index (χ4n) is 2.36. The molecule has 0 spiro atoms. The van der Waals surface area contributed by atoms with Crippen molar-refractivity contribution in [3.05, 3.63) is 23.8 Å². The third kappa shape index (κ3) is 2.78. The predicted molar refractivity (Wildman–Crippen MR) is 71.9 cm³/mol. The minimum absolute atomic E-state index is 0.0631. The van der Waals surface area contributed by atoms with Crippen molar-refractivity contribution in [1.29, 1.82) is 0 Å². The molecule has 1 aromatic rings. The number of hydrogen-bond donors (Lipinski definition) is 3. The van der Waals surface area contributed by atoms with Crippen molar-refractivity contribution in [1.82, 2.24) is 0 Å². The number of nitrogens with two attached hydrogens (primary N) is 2. The van der Waals surface area contributed by atoms with Crippen molar-refractivity contribution in [2.45, 2.75) is 12.8 Å². The molecule has 6 heteroatoms. The molecule has 1 fully saturated rings. The molecule has 1 aliphatic heterocycles. The summed E-state index contributed by atoms with van der Waals surface area (Å²) in [4.78, 5) is 24.1. The number of hydrogen-bond acceptors (Lipinski definition) is 4. The first-order valence-electron chi connectivity index (χ1n) is 6.16. The van der Waals surface area contributed by atoms with Crippen LogP contribution >= 0.6 is 0 Å². The van der Waals surface area contributed by atoms with E-state index in [2.05, 4.69) is 4.90 Å². The second-order valence-electron chi connectivity index (χ2n) is 4.74. The molecule has 0 aliphatic carbocycles. The summed E-state index contributed by atoms with van der Waals surface area (Å²) >= 11 is 0. The standard InChI is InChI=1S/C13H17N3O3/c14-11-7-9(1-2-10(11)13(18)19)16-5-3-8(4-6-16)12(15)17/h1-2,7-8H,3-6,14H2,(H2,15,17)(H,18,19). The Labute approximate surface area is 111 Å². The smallest absolute Gasteiger partial charge is 0.337 e. The number of amides is 1. The number of benzene rings is 1. The van der Waals surface area contributed by atoms with Crippen molar-refractivity contribution >= 4 is 23.3 Å². The summed E-state index contributed by atoms with van der Waals surface area (Å²) in [5.41, 5.74) is 12.2. The normalized spacial score (nSPS) is 16.3. The second-order valence-corrected chi connectivity index (χ2v) is 4.74. The van der Waals surface area contributed by atoms with Gasteiger partial charge in [0.15, 0.2) is 0 Å². The van der Waals surface area contributed by atoms with Gasteiger partial charge in [-0.2, -0.15) is 0 Å². The van der Waals surface area contributed by atoms with Crippen molar-refractivity contribution in [2.75, 3.05) is 23.7 Å². The molecule has 1 heterocycles. The number of carboxylic acid groups (broad SMARTS) is 1. The highest BCUT2D eigenvalue weighted by atomic mass is 16.4. The van der Waals surface area contributed by atoms with Crippen LogP contribution in [0.3, 0.4) is 0 Å². The summed E-state index contributed by atoms with van der Waals surface area (Å²) < 4.78 is 0. The highest BCUT2D eigenvalue weighted by molar-refractivity contribution is 5.94. The molecule has 1 saturated heterocycles. The van der Waals surface area contributed by atoms with Gasteiger partial charge in [0.25, 0.3) is 0 Å². The summed E-state index contributed by atoms with van der Waals surface area (Å²) in [6, 6.07) is 4.91. The number of carbonyl (C=O) groups is 2. The molecule has 0 atom stereocenters. The van der Waals surface area contributed by atoms with Gasteiger partial charge in [-0.05, 0) is 31.0 Å². The number of nitrogen functional groups attached to an aromatic ring is 1. The quantitative estimate of drug-likeness (QED) is 0.694. The topological polar surface area (TPSA) is 110 Å². The van der Waals surface area contributed by atoms with Crippen LogP contribution in [0.2, 0.25) is 0 Å². The average Bonchev–Trinajstić information content (AvgIpc) is 2.38. The van der Waals surface area contributed by atoms with Crippen molar-refractivity contribution < 1.29 is 14.7 Å². The molecule has 2 rings (SSSR count). The molecular formula is C13H17N3O3. The average molecular weight is 263 g/mol. The lowest BCUT2D eigenvalue weighted by molar-refractivity contribution is -0.122. The summed E-state index contributed by atoms with van der Waals surface area (Å²) in [6.07, 6.45) is 1.44. The largest absolute Gasteiger partial charge is 0.478 e. The SMILES string of the molecule is NC(=O)C1CCN(c2ccc(C(=O)O)c(N)c2)CC1. The molecule has 0 aromatic heterocycles. The minimum atomic E-state index is -1.03. The first-order valence-corrected chi connectivity index (χ1v) is 6.16. The monoisotopic (exact) mass is 263 g/mol. The van der Waals surface area contributed by atoms with Gasteiger partial charge in [0, 0.05) is 30.4 Å². The van der Waals surface area contributed by atoms with Gasteiger partial charge in [-0.3, -0.25) is 4.79 Å². The number of carboxylic acids is 1. The number of piperidine rings is 1. The zero-order chi connectivity index (χ0) is 14.0. The Kier molecular flexibility index (Phi) is 3.59. The van der Waals surface area contributed by atoms with Gasteiger partial charge in [-0.15, -0.1) is 0 Å². The number of aromatic carboxylic acids is 1. The Morgan fingerprint density at radius 2 is 1.89 bits per heavy atom. The van der Waals surface area contributed by atoms with E-state index in [-0.39, 0.29) is 23.1 Å². The molecule has 1 aliphatic rings. The molecule has 0 bridgehead atoms. The predicted octanol–water partition coefficient (Wildman–Crippen LogP) is 0.669. The highest BCUT2D eigenvalue weighted by Gasteiger charge is 2.23. The van der Waals surface area contributed by atoms with E-state index in [1.165, 1.54) is 6.07 Å². The molecule has 0 saturated carbocycles. The lowest BCUT2D eigenvalue weighted by atomic mass is 9.96. The summed E-state index contributed by atoms with van der Waals surface area (Å²) in [7, 11) is 0. The van der Waals surface area contributed by atoms with Gasteiger partial charge in [-0.25, -0.2) is 4.79 Å². The van der Waals surface area contributed by atoms with Gasteiger partial charge in [0.1, 0.15) is 0 Å². The minimum Gasteiger partial charge on any atom is -0.478 e. The van der Waals surface area contributed by atoms with E-state index in [1.807, 2.05) is 0 Å². The van der Waals surface area contributed by atoms with Gasteiger partial charge in [-0.1, -0.05) is 0 Å². The molecular weight excluding hydrogens is 246 g/mol. The van der Waals surface area contributed by atoms with Crippen LogP contribution in [0, 0.1) is 5.92 Å². The first-order chi connectivity index (χ1) is 8.99. The van der Waals surface area contributed by atoms with Gasteiger partial charge >= 0.3 is 5.97 Å². The third-order valence-corrected chi connectivity index (χ3v) is 3.53. The van der Waals surface area contributed by atoms with Crippen molar-refractivity contribution in [2.24, 2.45) is 11.7 Å². The van der Waals surface area contributed by atoms with E-state index in [9.17, 15) is 9.59 Å². The molecule has 1 aromatic carbocycles. The van der Waals surface area contributed by atoms with Crippen LogP contribution in [0.25, 0.3) is 0 Å². The van der Waals surface area contributed by atoms with E-state index in [4.69, 9.17) is 16.6 Å². The maximum absolute atomic E-state index is 11.1. The Hall–Kier alpha value is -2.24. The van der Waals surface area contributed by atoms with Gasteiger partial charge in [0.05, 0.1) is 5.56 Å². The molecule has 0 radical (unpaired) electrons. The van der Waals surface area contributed by atoms with E-state index < -0.39 is 5.97 Å². The van der Waals surface area contributed by atoms with Crippen LogP contribution in [0.15, 0.2) is 18.2 Å². The Morgan fingerprint density at radius 3 is 2.37 bits per heavy atom. The van der Waals surface area contributed by atoms with Crippen molar-refractivity contribution in [3.63, 3.8) is 0 Å². The Balaban J connectivity index is 2.10. The van der Waals surface area contributed by atoms with Crippen molar-refractivity contribution in [3.8, 4) is 0 Å². The van der Waals surface area contributed by atoms with Crippen LogP contribution < -0.4 is 16.4 Å². The van der Waals surface area contributed by atoms with Crippen LogP contribution in [-0.4, -0.2) is 30.1 Å². The molecule has 6 nitrogen and oxygen atoms in total. The second kappa shape index (κ2) is 5.17. The summed E-state index contributed by atoms with van der Waals surface area (Å²) in [6.45, 7) is 1.44. The van der Waals surface area contributed by atoms with Crippen LogP contribution in [-0.2, 0) is 4.79 Å². The first kappa shape index (κ1) is 13.2. The third-order valence-electron chi connectivity index (χ3n) is 3.53. The van der Waals surface area contributed by atoms with Crippen LogP contribution in [0.5, 0.6) is 0 Å². The molecule has 0 unspecified atom stereocenters. The zero-order valence-corrected chi connectivity index (χ0v) is 10.5. The molecule has 102 valence electrons. The van der Waals surface area contributed by atoms with E-state index >= 15 is 0 Å². The molecule has 1 amide bonds. The van der Waals surface area contributed by atoms with E-state index in [0.29, 0.717) is 0 Å². The fraction of sp³-hybridized carbons (Fsp3) is 0.385. The summed E-state index contributed by atoms with van der Waals surface area (Å²) in [5, 5.41) is 8.92. The Morgan fingerprint density at radius 1 is 1.26 bits per heavy atom. The lowest BCUT2D eigenvalue weighted by Gasteiger charge is -2.32. The number of carbonyl (C=O) groups excluding carboxylic acids is 1. The molecule has 5 N–H and O–H groups in total. The van der Waals surface area contributed by atoms with Crippen LogP contribution in [0.1, 0.15) is 23.2 Å². The lowest BCUT2D eigenvalue weighted by Crippen LogP contribution is -2.38. The number of anilines is 2. The maximum Gasteiger partial charge on any atom is 0.337 e. The molecule has 19 heavy (non-hydrogen) atoms. The highest BCUT2D eigenvalue weighted by Crippen LogP contribution is 2.26. The van der Waals surface area contributed by atoms with Gasteiger partial charge < -0.3 is 21.5 Å². The zero-order valence-electron chi connectivity index (χ0n) is 10.5. The van der Waals surface area contributed by atoms with Gasteiger partial charge in [0.2, 0.25) is 5.91 Å². The number of rotatable bonds is 3. The Bertz CT molecular complexity index is 508. The number of primary amides is 1. The maximum atomic E-state index is 11.1. The number of nitrogens with zero attached hydrogens (tertiary/aromatic N) is 1.